The first-order chi connectivity index (χ1) is 10.3. The molecule has 2 aromatic rings. The first-order valence-corrected chi connectivity index (χ1v) is 8.78. The van der Waals surface area contributed by atoms with Crippen LogP contribution in [0.25, 0.3) is 0 Å². The molecule has 0 fully saturated rings. The Morgan fingerprint density at radius 3 is 2.41 bits per heavy atom. The van der Waals surface area contributed by atoms with Gasteiger partial charge in [-0.25, -0.2) is 8.42 Å². The summed E-state index contributed by atoms with van der Waals surface area (Å²) in [5, 5.41) is 9.92. The lowest BCUT2D eigenvalue weighted by molar-refractivity contribution is 0.282. The van der Waals surface area contributed by atoms with Crippen LogP contribution in [0.3, 0.4) is 0 Å². The molecular formula is C14H13Cl2NO4S. The van der Waals surface area contributed by atoms with Gasteiger partial charge in [0.25, 0.3) is 0 Å². The molecule has 0 unspecified atom stereocenters. The highest BCUT2D eigenvalue weighted by atomic mass is 35.5. The van der Waals surface area contributed by atoms with Gasteiger partial charge in [0.2, 0.25) is 10.0 Å². The maximum Gasteiger partial charge on any atom is 0.229 e. The average Bonchev–Trinajstić information content (AvgIpc) is 2.41. The Kier molecular flexibility index (Phi) is 5.18. The topological polar surface area (TPSA) is 75.6 Å². The van der Waals surface area contributed by atoms with Crippen LogP contribution in [0.15, 0.2) is 36.4 Å². The van der Waals surface area contributed by atoms with E-state index in [1.54, 1.807) is 24.3 Å². The minimum Gasteiger partial charge on any atom is -0.454 e. The van der Waals surface area contributed by atoms with Crippen molar-refractivity contribution in [3.63, 3.8) is 0 Å². The van der Waals surface area contributed by atoms with E-state index in [-0.39, 0.29) is 18.0 Å². The van der Waals surface area contributed by atoms with E-state index in [1.807, 2.05) is 0 Å². The maximum atomic E-state index is 11.4. The number of aliphatic hydroxyl groups is 1. The smallest absolute Gasteiger partial charge is 0.229 e. The van der Waals surface area contributed by atoms with Crippen molar-refractivity contribution in [1.82, 2.24) is 0 Å². The monoisotopic (exact) mass is 361 g/mol. The fraction of sp³-hybridized carbons (Fsp3) is 0.143. The predicted molar refractivity (Wildman–Crippen MR) is 87.4 cm³/mol. The molecule has 22 heavy (non-hydrogen) atoms. The zero-order valence-corrected chi connectivity index (χ0v) is 13.8. The summed E-state index contributed by atoms with van der Waals surface area (Å²) in [6, 6.07) is 9.35. The van der Waals surface area contributed by atoms with Gasteiger partial charge in [0, 0.05) is 5.02 Å². The van der Waals surface area contributed by atoms with Crippen molar-refractivity contribution in [2.24, 2.45) is 0 Å². The molecule has 0 atom stereocenters. The molecule has 0 bridgehead atoms. The summed E-state index contributed by atoms with van der Waals surface area (Å²) in [6.45, 7) is -0.222. The highest BCUT2D eigenvalue weighted by Crippen LogP contribution is 2.35. The van der Waals surface area contributed by atoms with E-state index in [0.29, 0.717) is 21.4 Å². The Balaban J connectivity index is 2.41. The SMILES string of the molecule is CS(=O)(=O)Nc1cc(CO)ccc1Oc1ccc(Cl)cc1Cl. The molecule has 0 aliphatic carbocycles. The molecular weight excluding hydrogens is 349 g/mol. The molecule has 2 N–H and O–H groups in total. The fourth-order valence-corrected chi connectivity index (χ4v) is 2.73. The molecule has 118 valence electrons. The standard InChI is InChI=1S/C14H13Cl2NO4S/c1-22(19,20)17-12-6-9(8-18)2-4-14(12)21-13-5-3-10(15)7-11(13)16/h2-7,17-18H,8H2,1H3. The zero-order chi connectivity index (χ0) is 16.3. The molecule has 0 saturated carbocycles. The Labute approximate surface area is 138 Å². The minimum atomic E-state index is -3.50. The van der Waals surface area contributed by atoms with Crippen LogP contribution < -0.4 is 9.46 Å². The summed E-state index contributed by atoms with van der Waals surface area (Å²) in [4.78, 5) is 0. The summed E-state index contributed by atoms with van der Waals surface area (Å²) in [7, 11) is -3.50. The maximum absolute atomic E-state index is 11.4. The van der Waals surface area contributed by atoms with Crippen LogP contribution >= 0.6 is 23.2 Å². The van der Waals surface area contributed by atoms with E-state index in [0.717, 1.165) is 6.26 Å². The van der Waals surface area contributed by atoms with E-state index >= 15 is 0 Å². The molecule has 0 amide bonds. The number of aliphatic hydroxyl groups excluding tert-OH is 1. The fourth-order valence-electron chi connectivity index (χ4n) is 1.72. The van der Waals surface area contributed by atoms with Crippen LogP contribution in [0.4, 0.5) is 5.69 Å². The predicted octanol–water partition coefficient (Wildman–Crippen LogP) is 3.65. The van der Waals surface area contributed by atoms with Gasteiger partial charge in [-0.3, -0.25) is 4.72 Å². The first kappa shape index (κ1) is 16.9. The molecule has 2 rings (SSSR count). The van der Waals surface area contributed by atoms with Gasteiger partial charge >= 0.3 is 0 Å². The van der Waals surface area contributed by atoms with Crippen molar-refractivity contribution in [1.29, 1.82) is 0 Å². The highest BCUT2D eigenvalue weighted by Gasteiger charge is 2.12. The molecule has 2 aromatic carbocycles. The Morgan fingerprint density at radius 1 is 1.14 bits per heavy atom. The van der Waals surface area contributed by atoms with Crippen LogP contribution in [0.1, 0.15) is 5.56 Å². The molecule has 8 heteroatoms. The summed E-state index contributed by atoms with van der Waals surface area (Å²) >= 11 is 11.9. The van der Waals surface area contributed by atoms with Crippen molar-refractivity contribution >= 4 is 38.9 Å². The number of hydrogen-bond donors (Lipinski definition) is 2. The van der Waals surface area contributed by atoms with Crippen LogP contribution in [0, 0.1) is 0 Å². The van der Waals surface area contributed by atoms with Crippen LogP contribution in [0.2, 0.25) is 10.0 Å². The lowest BCUT2D eigenvalue weighted by Gasteiger charge is -2.14. The molecule has 0 aromatic heterocycles. The number of nitrogens with one attached hydrogen (secondary N) is 1. The summed E-state index contributed by atoms with van der Waals surface area (Å²) in [5.74, 6) is 0.589. The van der Waals surface area contributed by atoms with Crippen molar-refractivity contribution in [3.05, 3.63) is 52.0 Å². The van der Waals surface area contributed by atoms with E-state index in [9.17, 15) is 8.42 Å². The number of ether oxygens (including phenoxy) is 1. The van der Waals surface area contributed by atoms with Gasteiger partial charge in [-0.2, -0.15) is 0 Å². The normalized spacial score (nSPS) is 11.3. The molecule has 0 aliphatic rings. The zero-order valence-electron chi connectivity index (χ0n) is 11.5. The lowest BCUT2D eigenvalue weighted by atomic mass is 10.2. The van der Waals surface area contributed by atoms with Gasteiger partial charge in [0.05, 0.1) is 23.6 Å². The average molecular weight is 362 g/mol. The van der Waals surface area contributed by atoms with Gasteiger partial charge < -0.3 is 9.84 Å². The van der Waals surface area contributed by atoms with E-state index in [2.05, 4.69) is 4.72 Å². The van der Waals surface area contributed by atoms with Gasteiger partial charge in [-0.1, -0.05) is 29.3 Å². The summed E-state index contributed by atoms with van der Waals surface area (Å²) in [5.41, 5.74) is 0.751. The second-order valence-electron chi connectivity index (χ2n) is 4.54. The van der Waals surface area contributed by atoms with E-state index in [4.69, 9.17) is 33.0 Å². The largest absolute Gasteiger partial charge is 0.454 e. The quantitative estimate of drug-likeness (QED) is 0.851. The number of hydrogen-bond acceptors (Lipinski definition) is 4. The Hall–Kier alpha value is -1.47. The molecule has 0 aliphatic heterocycles. The lowest BCUT2D eigenvalue weighted by Crippen LogP contribution is -2.10. The van der Waals surface area contributed by atoms with Crippen molar-refractivity contribution in [2.45, 2.75) is 6.61 Å². The van der Waals surface area contributed by atoms with Gasteiger partial charge in [0.1, 0.15) is 5.75 Å². The Bertz CT molecular complexity index is 793. The van der Waals surface area contributed by atoms with Crippen LogP contribution in [0.5, 0.6) is 11.5 Å². The number of benzene rings is 2. The van der Waals surface area contributed by atoms with E-state index < -0.39 is 10.0 Å². The molecule has 0 saturated heterocycles. The second-order valence-corrected chi connectivity index (χ2v) is 7.13. The third-order valence-corrected chi connectivity index (χ3v) is 3.76. The highest BCUT2D eigenvalue weighted by molar-refractivity contribution is 7.92. The number of halogens is 2. The third-order valence-electron chi connectivity index (χ3n) is 2.64. The van der Waals surface area contributed by atoms with Gasteiger partial charge in [0.15, 0.2) is 5.75 Å². The number of rotatable bonds is 5. The second kappa shape index (κ2) is 6.75. The van der Waals surface area contributed by atoms with Crippen LogP contribution in [-0.4, -0.2) is 19.8 Å². The minimum absolute atomic E-state index is 0.208. The van der Waals surface area contributed by atoms with E-state index in [1.165, 1.54) is 12.1 Å². The van der Waals surface area contributed by atoms with Crippen molar-refractivity contribution in [2.75, 3.05) is 11.0 Å². The summed E-state index contributed by atoms with van der Waals surface area (Å²) in [6.07, 6.45) is 1.03. The summed E-state index contributed by atoms with van der Waals surface area (Å²) < 4.78 is 30.9. The molecule has 5 nitrogen and oxygen atoms in total. The number of anilines is 1. The van der Waals surface area contributed by atoms with Gasteiger partial charge in [-0.15, -0.1) is 0 Å². The van der Waals surface area contributed by atoms with Crippen molar-refractivity contribution in [3.8, 4) is 11.5 Å². The Morgan fingerprint density at radius 2 is 1.82 bits per heavy atom. The number of sulfonamides is 1. The van der Waals surface area contributed by atoms with Gasteiger partial charge in [-0.05, 0) is 35.9 Å². The van der Waals surface area contributed by atoms with Crippen molar-refractivity contribution < 1.29 is 18.3 Å². The molecule has 0 heterocycles. The third kappa shape index (κ3) is 4.51. The first-order valence-electron chi connectivity index (χ1n) is 6.13. The van der Waals surface area contributed by atoms with Crippen LogP contribution in [-0.2, 0) is 16.6 Å². The molecule has 0 spiro atoms. The molecule has 0 radical (unpaired) electrons.